The molecule has 1 atom stereocenters. The van der Waals surface area contributed by atoms with Gasteiger partial charge < -0.3 is 14.4 Å². The highest BCUT2D eigenvalue weighted by atomic mass is 32.2. The number of benzene rings is 2. The first kappa shape index (κ1) is 19.6. The SMILES string of the molecule is COc1ccc(CCN2C(=O)CSC2c2ccc(C(C)C)cc2)cc1OC. The summed E-state index contributed by atoms with van der Waals surface area (Å²) in [6, 6.07) is 14.6. The van der Waals surface area contributed by atoms with Crippen LogP contribution in [0.25, 0.3) is 0 Å². The normalized spacial score (nSPS) is 16.9. The Bertz CT molecular complexity index is 789. The lowest BCUT2D eigenvalue weighted by atomic mass is 10.0. The van der Waals surface area contributed by atoms with Crippen LogP contribution < -0.4 is 9.47 Å². The number of methoxy groups -OCH3 is 2. The predicted octanol–water partition coefficient (Wildman–Crippen LogP) is 4.64. The zero-order valence-corrected chi connectivity index (χ0v) is 17.2. The Hall–Kier alpha value is -2.14. The Morgan fingerprint density at radius 2 is 1.78 bits per heavy atom. The van der Waals surface area contributed by atoms with Crippen LogP contribution in [-0.2, 0) is 11.2 Å². The Balaban J connectivity index is 1.71. The van der Waals surface area contributed by atoms with Crippen LogP contribution in [0.2, 0.25) is 0 Å². The molecular weight excluding hydrogens is 358 g/mol. The highest BCUT2D eigenvalue weighted by Gasteiger charge is 2.32. The highest BCUT2D eigenvalue weighted by molar-refractivity contribution is 8.00. The number of hydrogen-bond acceptors (Lipinski definition) is 4. The minimum atomic E-state index is 0.0962. The fraction of sp³-hybridized carbons (Fsp3) is 0.409. The molecule has 1 fully saturated rings. The lowest BCUT2D eigenvalue weighted by molar-refractivity contribution is -0.128. The van der Waals surface area contributed by atoms with E-state index in [2.05, 4.69) is 38.1 Å². The van der Waals surface area contributed by atoms with Gasteiger partial charge in [-0.15, -0.1) is 11.8 Å². The van der Waals surface area contributed by atoms with Crippen molar-refractivity contribution in [2.24, 2.45) is 0 Å². The van der Waals surface area contributed by atoms with Crippen LogP contribution in [0.1, 0.15) is 41.8 Å². The zero-order chi connectivity index (χ0) is 19.4. The van der Waals surface area contributed by atoms with E-state index in [1.807, 2.05) is 23.1 Å². The van der Waals surface area contributed by atoms with Gasteiger partial charge in [0.1, 0.15) is 5.37 Å². The first-order valence-electron chi connectivity index (χ1n) is 9.25. The maximum absolute atomic E-state index is 12.4. The number of nitrogens with zero attached hydrogens (tertiary/aromatic N) is 1. The second-order valence-electron chi connectivity index (χ2n) is 7.01. The van der Waals surface area contributed by atoms with Crippen LogP contribution in [0.3, 0.4) is 0 Å². The van der Waals surface area contributed by atoms with E-state index in [1.165, 1.54) is 11.1 Å². The average Bonchev–Trinajstić information content (AvgIpc) is 3.06. The van der Waals surface area contributed by atoms with Gasteiger partial charge >= 0.3 is 0 Å². The molecule has 0 aliphatic carbocycles. The molecule has 0 saturated carbocycles. The van der Waals surface area contributed by atoms with Crippen molar-refractivity contribution < 1.29 is 14.3 Å². The van der Waals surface area contributed by atoms with Gasteiger partial charge in [-0.1, -0.05) is 44.2 Å². The maximum atomic E-state index is 12.4. The molecule has 3 rings (SSSR count). The van der Waals surface area contributed by atoms with Crippen LogP contribution in [0.15, 0.2) is 42.5 Å². The monoisotopic (exact) mass is 385 g/mol. The van der Waals surface area contributed by atoms with Crippen molar-refractivity contribution in [1.82, 2.24) is 4.90 Å². The highest BCUT2D eigenvalue weighted by Crippen LogP contribution is 2.39. The molecule has 1 heterocycles. The fourth-order valence-electron chi connectivity index (χ4n) is 3.30. The van der Waals surface area contributed by atoms with Crippen molar-refractivity contribution in [2.75, 3.05) is 26.5 Å². The maximum Gasteiger partial charge on any atom is 0.233 e. The summed E-state index contributed by atoms with van der Waals surface area (Å²) in [7, 11) is 3.27. The van der Waals surface area contributed by atoms with E-state index < -0.39 is 0 Å². The van der Waals surface area contributed by atoms with Gasteiger partial charge in [0.05, 0.1) is 20.0 Å². The van der Waals surface area contributed by atoms with Gasteiger partial charge in [-0.2, -0.15) is 0 Å². The quantitative estimate of drug-likeness (QED) is 0.696. The minimum absolute atomic E-state index is 0.0962. The molecule has 4 nitrogen and oxygen atoms in total. The van der Waals surface area contributed by atoms with Crippen molar-refractivity contribution in [1.29, 1.82) is 0 Å². The van der Waals surface area contributed by atoms with Crippen LogP contribution in [0, 0.1) is 0 Å². The van der Waals surface area contributed by atoms with Gasteiger partial charge in [-0.3, -0.25) is 4.79 Å². The lowest BCUT2D eigenvalue weighted by Crippen LogP contribution is -2.30. The van der Waals surface area contributed by atoms with Crippen LogP contribution in [0.5, 0.6) is 11.5 Å². The second kappa shape index (κ2) is 8.70. The zero-order valence-electron chi connectivity index (χ0n) is 16.4. The Kier molecular flexibility index (Phi) is 6.32. The summed E-state index contributed by atoms with van der Waals surface area (Å²) in [6.45, 7) is 5.08. The molecule has 144 valence electrons. The molecule has 0 spiro atoms. The van der Waals surface area contributed by atoms with Crippen LogP contribution in [-0.4, -0.2) is 37.3 Å². The average molecular weight is 386 g/mol. The standard InChI is InChI=1S/C22H27NO3S/c1-15(2)17-6-8-18(9-7-17)22-23(21(24)14-27-22)12-11-16-5-10-19(25-3)20(13-16)26-4/h5-10,13,15,22H,11-12,14H2,1-4H3. The minimum Gasteiger partial charge on any atom is -0.493 e. The van der Waals surface area contributed by atoms with Crippen LogP contribution >= 0.6 is 11.8 Å². The molecule has 2 aromatic rings. The molecule has 2 aromatic carbocycles. The number of hydrogen-bond donors (Lipinski definition) is 0. The fourth-order valence-corrected chi connectivity index (χ4v) is 4.52. The molecule has 5 heteroatoms. The molecule has 1 saturated heterocycles. The third-order valence-electron chi connectivity index (χ3n) is 4.95. The molecule has 1 unspecified atom stereocenters. The topological polar surface area (TPSA) is 38.8 Å². The summed E-state index contributed by atoms with van der Waals surface area (Å²) in [6.07, 6.45) is 0.785. The van der Waals surface area contributed by atoms with Crippen LogP contribution in [0.4, 0.5) is 0 Å². The number of amides is 1. The Morgan fingerprint density at radius 3 is 2.41 bits per heavy atom. The second-order valence-corrected chi connectivity index (χ2v) is 8.08. The smallest absolute Gasteiger partial charge is 0.233 e. The predicted molar refractivity (Wildman–Crippen MR) is 111 cm³/mol. The summed E-state index contributed by atoms with van der Waals surface area (Å²) in [4.78, 5) is 14.4. The lowest BCUT2D eigenvalue weighted by Gasteiger charge is -2.25. The third-order valence-corrected chi connectivity index (χ3v) is 6.20. The molecule has 1 aliphatic rings. The number of ether oxygens (including phenoxy) is 2. The molecule has 0 radical (unpaired) electrons. The first-order valence-corrected chi connectivity index (χ1v) is 10.3. The van der Waals surface area contributed by atoms with E-state index in [0.717, 1.165) is 23.5 Å². The third kappa shape index (κ3) is 4.41. The van der Waals surface area contributed by atoms with Gasteiger partial charge in [-0.25, -0.2) is 0 Å². The Morgan fingerprint density at radius 1 is 1.07 bits per heavy atom. The van der Waals surface area contributed by atoms with E-state index in [4.69, 9.17) is 9.47 Å². The summed E-state index contributed by atoms with van der Waals surface area (Å²) in [5.41, 5.74) is 3.65. The summed E-state index contributed by atoms with van der Waals surface area (Å²) >= 11 is 1.71. The first-order chi connectivity index (χ1) is 13.0. The van der Waals surface area contributed by atoms with E-state index in [1.54, 1.807) is 26.0 Å². The molecule has 0 bridgehead atoms. The molecule has 1 aliphatic heterocycles. The van der Waals surface area contributed by atoms with E-state index in [0.29, 0.717) is 18.2 Å². The largest absolute Gasteiger partial charge is 0.493 e. The van der Waals surface area contributed by atoms with Crippen molar-refractivity contribution in [3.63, 3.8) is 0 Å². The van der Waals surface area contributed by atoms with Crippen molar-refractivity contribution in [3.8, 4) is 11.5 Å². The summed E-state index contributed by atoms with van der Waals surface area (Å²) in [5, 5.41) is 0.0962. The van der Waals surface area contributed by atoms with Gasteiger partial charge in [0.2, 0.25) is 5.91 Å². The molecule has 27 heavy (non-hydrogen) atoms. The summed E-state index contributed by atoms with van der Waals surface area (Å²) in [5.74, 6) is 2.70. The molecule has 0 aromatic heterocycles. The number of carbonyl (C=O) groups excluding carboxylic acids is 1. The number of thioether (sulfide) groups is 1. The van der Waals surface area contributed by atoms with Gasteiger partial charge in [0.25, 0.3) is 0 Å². The van der Waals surface area contributed by atoms with E-state index in [9.17, 15) is 4.79 Å². The van der Waals surface area contributed by atoms with Gasteiger partial charge in [-0.05, 0) is 41.2 Å². The van der Waals surface area contributed by atoms with E-state index in [-0.39, 0.29) is 11.3 Å². The van der Waals surface area contributed by atoms with Crippen molar-refractivity contribution in [2.45, 2.75) is 31.6 Å². The molecule has 1 amide bonds. The number of rotatable bonds is 7. The van der Waals surface area contributed by atoms with Gasteiger partial charge in [0.15, 0.2) is 11.5 Å². The van der Waals surface area contributed by atoms with Crippen molar-refractivity contribution in [3.05, 3.63) is 59.2 Å². The number of carbonyl (C=O) groups is 1. The van der Waals surface area contributed by atoms with Gasteiger partial charge in [0, 0.05) is 6.54 Å². The molecular formula is C22H27NO3S. The Labute approximate surface area is 165 Å². The van der Waals surface area contributed by atoms with E-state index >= 15 is 0 Å². The molecule has 0 N–H and O–H groups in total. The summed E-state index contributed by atoms with van der Waals surface area (Å²) < 4.78 is 10.7. The van der Waals surface area contributed by atoms with Crippen molar-refractivity contribution >= 4 is 17.7 Å².